The summed E-state index contributed by atoms with van der Waals surface area (Å²) in [5.41, 5.74) is 2.34. The third-order valence-electron chi connectivity index (χ3n) is 5.06. The normalized spacial score (nSPS) is 18.1. The van der Waals surface area contributed by atoms with Gasteiger partial charge in [0.1, 0.15) is 11.5 Å². The van der Waals surface area contributed by atoms with Crippen LogP contribution in [0, 0.1) is 6.92 Å². The third kappa shape index (κ3) is 3.44. The monoisotopic (exact) mass is 419 g/mol. The highest BCUT2D eigenvalue weighted by atomic mass is 35.5. The predicted octanol–water partition coefficient (Wildman–Crippen LogP) is 4.98. The molecule has 30 heavy (non-hydrogen) atoms. The summed E-state index contributed by atoms with van der Waals surface area (Å²) in [6.45, 7) is 1.91. The number of benzene rings is 3. The summed E-state index contributed by atoms with van der Waals surface area (Å²) in [6.07, 6.45) is 0. The van der Waals surface area contributed by atoms with Crippen LogP contribution in [0.3, 0.4) is 0 Å². The molecule has 0 saturated carbocycles. The zero-order valence-electron chi connectivity index (χ0n) is 16.0. The average molecular weight is 420 g/mol. The number of ketones is 1. The molecule has 1 saturated heterocycles. The molecule has 6 heteroatoms. The quantitative estimate of drug-likeness (QED) is 0.356. The van der Waals surface area contributed by atoms with E-state index in [1.54, 1.807) is 48.5 Å². The lowest BCUT2D eigenvalue weighted by Gasteiger charge is -2.25. The van der Waals surface area contributed by atoms with E-state index in [0.29, 0.717) is 21.8 Å². The highest BCUT2D eigenvalue weighted by molar-refractivity contribution is 6.51. The lowest BCUT2D eigenvalue weighted by atomic mass is 9.94. The minimum Gasteiger partial charge on any atom is -0.508 e. The number of carbonyl (C=O) groups is 2. The Bertz CT molecular complexity index is 1170. The number of aliphatic hydroxyl groups excluding tert-OH is 1. The zero-order valence-corrected chi connectivity index (χ0v) is 16.8. The number of phenols is 1. The van der Waals surface area contributed by atoms with Crippen LogP contribution in [0.15, 0.2) is 78.4 Å². The van der Waals surface area contributed by atoms with Gasteiger partial charge in [-0.15, -0.1) is 0 Å². The molecular formula is C24H18ClNO4. The number of amides is 1. The van der Waals surface area contributed by atoms with Crippen LogP contribution in [0.1, 0.15) is 22.7 Å². The number of rotatable bonds is 3. The van der Waals surface area contributed by atoms with Gasteiger partial charge in [-0.05, 0) is 48.9 Å². The van der Waals surface area contributed by atoms with Gasteiger partial charge in [-0.25, -0.2) is 0 Å². The van der Waals surface area contributed by atoms with Crippen molar-refractivity contribution in [2.75, 3.05) is 4.90 Å². The maximum atomic E-state index is 13.0. The van der Waals surface area contributed by atoms with Gasteiger partial charge in [0.2, 0.25) is 0 Å². The number of halogens is 1. The summed E-state index contributed by atoms with van der Waals surface area (Å²) < 4.78 is 0. The maximum absolute atomic E-state index is 13.0. The molecule has 1 fully saturated rings. The molecule has 0 radical (unpaired) electrons. The fourth-order valence-corrected chi connectivity index (χ4v) is 3.70. The fourth-order valence-electron chi connectivity index (χ4n) is 3.58. The molecule has 0 aliphatic carbocycles. The molecule has 4 rings (SSSR count). The largest absolute Gasteiger partial charge is 0.508 e. The van der Waals surface area contributed by atoms with Crippen LogP contribution in [-0.4, -0.2) is 21.9 Å². The van der Waals surface area contributed by atoms with E-state index in [4.69, 9.17) is 11.6 Å². The number of phenolic OH excluding ortho intramolecular Hbond substituents is 1. The van der Waals surface area contributed by atoms with Crippen LogP contribution in [0.2, 0.25) is 5.02 Å². The summed E-state index contributed by atoms with van der Waals surface area (Å²) >= 11 is 5.98. The number of nitrogens with zero attached hydrogens (tertiary/aromatic N) is 1. The number of hydrogen-bond acceptors (Lipinski definition) is 4. The van der Waals surface area contributed by atoms with Crippen LogP contribution in [0.4, 0.5) is 5.69 Å². The topological polar surface area (TPSA) is 77.8 Å². The van der Waals surface area contributed by atoms with E-state index in [-0.39, 0.29) is 17.1 Å². The van der Waals surface area contributed by atoms with E-state index in [0.717, 1.165) is 5.56 Å². The van der Waals surface area contributed by atoms with Crippen molar-refractivity contribution in [3.05, 3.63) is 100 Å². The third-order valence-corrected chi connectivity index (χ3v) is 5.31. The molecule has 3 aromatic rings. The molecule has 0 spiro atoms. The Morgan fingerprint density at radius 2 is 1.63 bits per heavy atom. The summed E-state index contributed by atoms with van der Waals surface area (Å²) in [5.74, 6) is -1.83. The van der Waals surface area contributed by atoms with Crippen LogP contribution in [0.25, 0.3) is 5.76 Å². The summed E-state index contributed by atoms with van der Waals surface area (Å²) in [4.78, 5) is 27.3. The van der Waals surface area contributed by atoms with Gasteiger partial charge < -0.3 is 10.2 Å². The van der Waals surface area contributed by atoms with Crippen LogP contribution >= 0.6 is 11.6 Å². The Morgan fingerprint density at radius 3 is 2.27 bits per heavy atom. The number of hydrogen-bond donors (Lipinski definition) is 2. The predicted molar refractivity (Wildman–Crippen MR) is 116 cm³/mol. The minimum atomic E-state index is -0.903. The van der Waals surface area contributed by atoms with Gasteiger partial charge >= 0.3 is 0 Å². The minimum absolute atomic E-state index is 0.00969. The van der Waals surface area contributed by atoms with Gasteiger partial charge in [-0.3, -0.25) is 14.5 Å². The molecule has 1 unspecified atom stereocenters. The van der Waals surface area contributed by atoms with Crippen molar-refractivity contribution in [3.8, 4) is 5.75 Å². The maximum Gasteiger partial charge on any atom is 0.300 e. The van der Waals surface area contributed by atoms with Crippen molar-refractivity contribution in [2.45, 2.75) is 13.0 Å². The Morgan fingerprint density at radius 1 is 0.967 bits per heavy atom. The second-order valence-corrected chi connectivity index (χ2v) is 7.54. The van der Waals surface area contributed by atoms with Crippen molar-refractivity contribution < 1.29 is 19.8 Å². The van der Waals surface area contributed by atoms with E-state index in [1.807, 2.05) is 19.1 Å². The van der Waals surface area contributed by atoms with Gasteiger partial charge in [0.05, 0.1) is 11.6 Å². The van der Waals surface area contributed by atoms with Gasteiger partial charge in [0, 0.05) is 16.3 Å². The standard InChI is InChI=1S/C24H18ClNO4/c1-14-5-7-15(8-6-14)22(28)20-21(16-3-2-4-19(27)13-16)26(24(30)23(20)29)18-11-9-17(25)10-12-18/h2-13,21,27-28H,1H3/b22-20-. The van der Waals surface area contributed by atoms with E-state index >= 15 is 0 Å². The number of aromatic hydroxyl groups is 1. The molecule has 1 amide bonds. The molecule has 2 N–H and O–H groups in total. The highest BCUT2D eigenvalue weighted by Crippen LogP contribution is 2.42. The fraction of sp³-hybridized carbons (Fsp3) is 0.0833. The summed E-state index contributed by atoms with van der Waals surface area (Å²) in [7, 11) is 0. The molecule has 1 aliphatic heterocycles. The van der Waals surface area contributed by atoms with Gasteiger partial charge in [0.25, 0.3) is 11.7 Å². The van der Waals surface area contributed by atoms with Crippen LogP contribution < -0.4 is 4.90 Å². The second-order valence-electron chi connectivity index (χ2n) is 7.11. The van der Waals surface area contributed by atoms with Crippen molar-refractivity contribution in [1.29, 1.82) is 0 Å². The van der Waals surface area contributed by atoms with Crippen molar-refractivity contribution in [2.24, 2.45) is 0 Å². The van der Waals surface area contributed by atoms with Crippen LogP contribution in [0.5, 0.6) is 5.75 Å². The lowest BCUT2D eigenvalue weighted by molar-refractivity contribution is -0.132. The summed E-state index contributed by atoms with van der Waals surface area (Å²) in [5, 5.41) is 21.5. The van der Waals surface area contributed by atoms with E-state index in [1.165, 1.54) is 17.0 Å². The summed E-state index contributed by atoms with van der Waals surface area (Å²) in [6, 6.07) is 18.9. The number of anilines is 1. The molecular weight excluding hydrogens is 402 g/mol. The number of carbonyl (C=O) groups excluding carboxylic acids is 2. The lowest BCUT2D eigenvalue weighted by Crippen LogP contribution is -2.29. The Kier molecular flexibility index (Phi) is 5.06. The van der Waals surface area contributed by atoms with Crippen molar-refractivity contribution in [1.82, 2.24) is 0 Å². The first-order valence-electron chi connectivity index (χ1n) is 9.29. The number of aryl methyl sites for hydroxylation is 1. The number of aliphatic hydroxyl groups is 1. The first-order chi connectivity index (χ1) is 14.4. The van der Waals surface area contributed by atoms with Crippen molar-refractivity contribution in [3.63, 3.8) is 0 Å². The molecule has 150 valence electrons. The molecule has 1 aliphatic rings. The van der Waals surface area contributed by atoms with E-state index < -0.39 is 17.7 Å². The van der Waals surface area contributed by atoms with E-state index in [9.17, 15) is 19.8 Å². The number of Topliss-reactive ketones (excluding diaryl/α,β-unsaturated/α-hetero) is 1. The SMILES string of the molecule is Cc1ccc(/C(O)=C2/C(=O)C(=O)N(c3ccc(Cl)cc3)C2c2cccc(O)c2)cc1. The Balaban J connectivity index is 1.95. The van der Waals surface area contributed by atoms with Crippen LogP contribution in [-0.2, 0) is 9.59 Å². The smallest absolute Gasteiger partial charge is 0.300 e. The first-order valence-corrected chi connectivity index (χ1v) is 9.67. The van der Waals surface area contributed by atoms with E-state index in [2.05, 4.69) is 0 Å². The molecule has 1 heterocycles. The molecule has 5 nitrogen and oxygen atoms in total. The molecule has 3 aromatic carbocycles. The zero-order chi connectivity index (χ0) is 21.4. The van der Waals surface area contributed by atoms with Gasteiger partial charge in [-0.2, -0.15) is 0 Å². The molecule has 0 bridgehead atoms. The van der Waals surface area contributed by atoms with Gasteiger partial charge in [-0.1, -0.05) is 53.6 Å². The second kappa shape index (κ2) is 7.69. The molecule has 1 atom stereocenters. The first kappa shape index (κ1) is 19.7. The Labute approximate surface area is 178 Å². The Hall–Kier alpha value is -3.57. The van der Waals surface area contributed by atoms with Gasteiger partial charge in [0.15, 0.2) is 0 Å². The highest BCUT2D eigenvalue weighted by Gasteiger charge is 2.47. The molecule has 0 aromatic heterocycles. The average Bonchev–Trinajstić information content (AvgIpc) is 3.00. The van der Waals surface area contributed by atoms with Crippen molar-refractivity contribution >= 4 is 34.7 Å².